The first-order chi connectivity index (χ1) is 15.4. The van der Waals surface area contributed by atoms with E-state index in [0.29, 0.717) is 19.0 Å². The van der Waals surface area contributed by atoms with Crippen LogP contribution in [0.3, 0.4) is 0 Å². The van der Waals surface area contributed by atoms with Crippen LogP contribution in [0.15, 0.2) is 53.7 Å². The number of pyridine rings is 1. The first-order valence-electron chi connectivity index (χ1n) is 10.8. The second-order valence-corrected chi connectivity index (χ2v) is 8.21. The van der Waals surface area contributed by atoms with Gasteiger partial charge in [-0.2, -0.15) is 13.2 Å². The first kappa shape index (κ1) is 22.1. The van der Waals surface area contributed by atoms with E-state index in [1.54, 1.807) is 13.1 Å². The first-order valence-corrected chi connectivity index (χ1v) is 10.8. The molecule has 0 unspecified atom stereocenters. The SMILES string of the molecule is CN=C(NCCCc1nnc2ccccn12)NCC1(c2cccc(C(F)(F)F)c2)CCC1. The van der Waals surface area contributed by atoms with Crippen molar-refractivity contribution in [1.82, 2.24) is 25.2 Å². The van der Waals surface area contributed by atoms with Crippen molar-refractivity contribution in [2.24, 2.45) is 4.99 Å². The summed E-state index contributed by atoms with van der Waals surface area (Å²) in [4.78, 5) is 4.27. The van der Waals surface area contributed by atoms with Gasteiger partial charge in [0.15, 0.2) is 11.6 Å². The molecule has 6 nitrogen and oxygen atoms in total. The lowest BCUT2D eigenvalue weighted by atomic mass is 9.64. The predicted octanol–water partition coefficient (Wildman–Crippen LogP) is 3.97. The Balaban J connectivity index is 1.31. The van der Waals surface area contributed by atoms with Crippen LogP contribution < -0.4 is 10.6 Å². The summed E-state index contributed by atoms with van der Waals surface area (Å²) in [7, 11) is 1.69. The highest BCUT2D eigenvalue weighted by molar-refractivity contribution is 5.79. The van der Waals surface area contributed by atoms with Gasteiger partial charge in [0.1, 0.15) is 5.82 Å². The summed E-state index contributed by atoms with van der Waals surface area (Å²) < 4.78 is 41.4. The van der Waals surface area contributed by atoms with Gasteiger partial charge in [-0.25, -0.2) is 0 Å². The van der Waals surface area contributed by atoms with Gasteiger partial charge in [0.25, 0.3) is 0 Å². The largest absolute Gasteiger partial charge is 0.416 e. The zero-order chi connectivity index (χ0) is 22.6. The molecule has 0 amide bonds. The average molecular weight is 445 g/mol. The number of fused-ring (bicyclic) bond motifs is 1. The third kappa shape index (κ3) is 4.71. The number of benzene rings is 1. The number of guanidine groups is 1. The third-order valence-electron chi connectivity index (χ3n) is 6.18. The van der Waals surface area contributed by atoms with E-state index in [1.807, 2.05) is 28.8 Å². The molecule has 0 atom stereocenters. The predicted molar refractivity (Wildman–Crippen MR) is 118 cm³/mol. The molecule has 32 heavy (non-hydrogen) atoms. The molecule has 9 heteroatoms. The highest BCUT2D eigenvalue weighted by Gasteiger charge is 2.40. The van der Waals surface area contributed by atoms with Crippen LogP contribution in [0.2, 0.25) is 0 Å². The number of halogens is 3. The maximum absolute atomic E-state index is 13.2. The second-order valence-electron chi connectivity index (χ2n) is 8.21. The lowest BCUT2D eigenvalue weighted by Gasteiger charge is -2.43. The Morgan fingerprint density at radius 1 is 1.12 bits per heavy atom. The number of aliphatic imine (C=N–C) groups is 1. The molecule has 4 rings (SSSR count). The van der Waals surface area contributed by atoms with Gasteiger partial charge in [-0.15, -0.1) is 10.2 Å². The van der Waals surface area contributed by atoms with Gasteiger partial charge in [-0.1, -0.05) is 30.7 Å². The van der Waals surface area contributed by atoms with Gasteiger partial charge >= 0.3 is 6.18 Å². The number of rotatable bonds is 7. The Labute approximate surface area is 185 Å². The summed E-state index contributed by atoms with van der Waals surface area (Å²) in [6.45, 7) is 1.24. The number of aromatic nitrogens is 3. The number of hydrogen-bond donors (Lipinski definition) is 2. The summed E-state index contributed by atoms with van der Waals surface area (Å²) in [5.41, 5.74) is 0.678. The molecule has 1 aromatic carbocycles. The molecule has 2 aromatic heterocycles. The molecule has 2 heterocycles. The zero-order valence-electron chi connectivity index (χ0n) is 18.0. The number of nitrogens with one attached hydrogen (secondary N) is 2. The Kier molecular flexibility index (Phi) is 6.34. The van der Waals surface area contributed by atoms with Crippen LogP contribution in [-0.2, 0) is 18.0 Å². The minimum Gasteiger partial charge on any atom is -0.356 e. The fraction of sp³-hybridized carbons (Fsp3) is 0.435. The second kappa shape index (κ2) is 9.18. The topological polar surface area (TPSA) is 66.6 Å². The normalized spacial score (nSPS) is 16.1. The van der Waals surface area contributed by atoms with E-state index in [0.717, 1.165) is 55.2 Å². The van der Waals surface area contributed by atoms with E-state index < -0.39 is 11.7 Å². The van der Waals surface area contributed by atoms with Crippen molar-refractivity contribution >= 4 is 11.6 Å². The highest BCUT2D eigenvalue weighted by Crippen LogP contribution is 2.44. The highest BCUT2D eigenvalue weighted by atomic mass is 19.4. The van der Waals surface area contributed by atoms with Gasteiger partial charge in [-0.3, -0.25) is 9.39 Å². The van der Waals surface area contributed by atoms with Crippen molar-refractivity contribution in [3.8, 4) is 0 Å². The van der Waals surface area contributed by atoms with E-state index >= 15 is 0 Å². The molecule has 0 spiro atoms. The number of nitrogens with zero attached hydrogens (tertiary/aromatic N) is 4. The number of alkyl halides is 3. The monoisotopic (exact) mass is 444 g/mol. The minimum absolute atomic E-state index is 0.292. The summed E-state index contributed by atoms with van der Waals surface area (Å²) in [5.74, 6) is 1.55. The Hall–Kier alpha value is -3.10. The lowest BCUT2D eigenvalue weighted by Crippen LogP contribution is -2.49. The van der Waals surface area contributed by atoms with Crippen molar-refractivity contribution in [3.05, 3.63) is 65.6 Å². The van der Waals surface area contributed by atoms with Crippen LogP contribution in [-0.4, -0.2) is 40.7 Å². The van der Waals surface area contributed by atoms with Crippen LogP contribution in [0.5, 0.6) is 0 Å². The number of aryl methyl sites for hydroxylation is 1. The molecule has 0 radical (unpaired) electrons. The summed E-state index contributed by atoms with van der Waals surface area (Å²) in [6.07, 6.45) is 1.96. The molecule has 3 aromatic rings. The average Bonchev–Trinajstić information content (AvgIpc) is 3.17. The van der Waals surface area contributed by atoms with Crippen LogP contribution in [0.1, 0.15) is 42.6 Å². The van der Waals surface area contributed by atoms with Crippen LogP contribution >= 0.6 is 0 Å². The van der Waals surface area contributed by atoms with E-state index in [9.17, 15) is 13.2 Å². The quantitative estimate of drug-likeness (QED) is 0.329. The molecule has 1 aliphatic rings. The molecule has 1 fully saturated rings. The molecular weight excluding hydrogens is 417 g/mol. The summed E-state index contributed by atoms with van der Waals surface area (Å²) >= 11 is 0. The maximum atomic E-state index is 13.2. The van der Waals surface area contributed by atoms with Gasteiger partial charge in [0, 0.05) is 38.2 Å². The fourth-order valence-corrected chi connectivity index (χ4v) is 4.18. The Bertz CT molecular complexity index is 1080. The minimum atomic E-state index is -4.33. The van der Waals surface area contributed by atoms with Crippen molar-refractivity contribution in [3.63, 3.8) is 0 Å². The fourth-order valence-electron chi connectivity index (χ4n) is 4.18. The van der Waals surface area contributed by atoms with E-state index in [-0.39, 0.29) is 5.41 Å². The molecule has 170 valence electrons. The Morgan fingerprint density at radius 3 is 2.69 bits per heavy atom. The molecule has 1 aliphatic carbocycles. The van der Waals surface area contributed by atoms with E-state index in [4.69, 9.17) is 0 Å². The molecule has 1 saturated carbocycles. The van der Waals surface area contributed by atoms with Crippen LogP contribution in [0.25, 0.3) is 5.65 Å². The van der Waals surface area contributed by atoms with Gasteiger partial charge < -0.3 is 10.6 Å². The molecule has 0 aliphatic heterocycles. The molecule has 0 saturated heterocycles. The molecule has 2 N–H and O–H groups in total. The third-order valence-corrected chi connectivity index (χ3v) is 6.18. The van der Waals surface area contributed by atoms with E-state index in [1.165, 1.54) is 12.1 Å². The van der Waals surface area contributed by atoms with Crippen molar-refractivity contribution in [2.75, 3.05) is 20.1 Å². The smallest absolute Gasteiger partial charge is 0.356 e. The van der Waals surface area contributed by atoms with Crippen LogP contribution in [0.4, 0.5) is 13.2 Å². The van der Waals surface area contributed by atoms with Crippen molar-refractivity contribution < 1.29 is 13.2 Å². The van der Waals surface area contributed by atoms with Gasteiger partial charge in [-0.05, 0) is 43.0 Å². The molecule has 0 bridgehead atoms. The van der Waals surface area contributed by atoms with Crippen LogP contribution in [0, 0.1) is 0 Å². The maximum Gasteiger partial charge on any atom is 0.416 e. The Morgan fingerprint density at radius 2 is 1.97 bits per heavy atom. The van der Waals surface area contributed by atoms with Gasteiger partial charge in [0.2, 0.25) is 0 Å². The summed E-state index contributed by atoms with van der Waals surface area (Å²) in [5, 5.41) is 15.0. The van der Waals surface area contributed by atoms with Gasteiger partial charge in [0.05, 0.1) is 5.56 Å². The molecular formula is C23H27F3N6. The standard InChI is InChI=1S/C23H27F3N6/c1-27-21(28-13-5-10-20-31-30-19-9-2-3-14-32(19)20)29-16-22(11-6-12-22)17-7-4-8-18(15-17)23(24,25)26/h2-4,7-9,14-15H,5-6,10-13,16H2,1H3,(H2,27,28,29). The number of hydrogen-bond acceptors (Lipinski definition) is 3. The summed E-state index contributed by atoms with van der Waals surface area (Å²) in [6, 6.07) is 11.5. The van der Waals surface area contributed by atoms with Crippen molar-refractivity contribution in [1.29, 1.82) is 0 Å². The van der Waals surface area contributed by atoms with E-state index in [2.05, 4.69) is 25.8 Å². The lowest BCUT2D eigenvalue weighted by molar-refractivity contribution is -0.137. The van der Waals surface area contributed by atoms with Crippen molar-refractivity contribution in [2.45, 2.75) is 43.7 Å². The zero-order valence-corrected chi connectivity index (χ0v) is 18.0.